The molecule has 3 rings (SSSR count). The van der Waals surface area contributed by atoms with Crippen molar-refractivity contribution in [1.82, 2.24) is 15.5 Å². The molecule has 2 aromatic heterocycles. The summed E-state index contributed by atoms with van der Waals surface area (Å²) in [5.74, 6) is -1.17. The van der Waals surface area contributed by atoms with Crippen molar-refractivity contribution >= 4 is 38.7 Å². The Morgan fingerprint density at radius 2 is 2.04 bits per heavy atom. The molecule has 7 nitrogen and oxygen atoms in total. The van der Waals surface area contributed by atoms with Gasteiger partial charge in [-0.3, -0.25) is 4.79 Å². The summed E-state index contributed by atoms with van der Waals surface area (Å²) in [5, 5.41) is 9.47. The van der Waals surface area contributed by atoms with Crippen molar-refractivity contribution in [2.24, 2.45) is 0 Å². The van der Waals surface area contributed by atoms with E-state index in [0.29, 0.717) is 9.21 Å². The van der Waals surface area contributed by atoms with Crippen molar-refractivity contribution < 1.29 is 17.6 Å². The second-order valence-electron chi connectivity index (χ2n) is 5.64. The molecule has 1 N–H and O–H groups in total. The number of aromatic nitrogens is 2. The lowest BCUT2D eigenvalue weighted by atomic mass is 9.95. The number of nitrogens with one attached hydrogen (secondary N) is 1. The Bertz CT molecular complexity index is 825. The highest BCUT2D eigenvalue weighted by molar-refractivity contribution is 7.91. The monoisotopic (exact) mass is 389 g/mol. The Morgan fingerprint density at radius 1 is 1.29 bits per heavy atom. The van der Waals surface area contributed by atoms with Gasteiger partial charge in [0.15, 0.2) is 0 Å². The number of halogens is 1. The van der Waals surface area contributed by atoms with E-state index in [-0.39, 0.29) is 11.9 Å². The third-order valence-corrected chi connectivity index (χ3v) is 6.31. The summed E-state index contributed by atoms with van der Waals surface area (Å²) >= 11 is 7.02. The number of hydrogen-bond acceptors (Lipinski definition) is 7. The van der Waals surface area contributed by atoms with Gasteiger partial charge in [-0.2, -0.15) is 0 Å². The van der Waals surface area contributed by atoms with Crippen molar-refractivity contribution in [3.63, 3.8) is 0 Å². The molecule has 0 radical (unpaired) electrons. The lowest BCUT2D eigenvalue weighted by Gasteiger charge is -2.22. The minimum absolute atomic E-state index is 0.0490. The van der Waals surface area contributed by atoms with Crippen LogP contribution in [0.2, 0.25) is 4.34 Å². The Hall–Kier alpha value is -1.45. The van der Waals surface area contributed by atoms with Gasteiger partial charge in [0, 0.05) is 6.04 Å². The van der Waals surface area contributed by atoms with E-state index in [9.17, 15) is 13.2 Å². The first kappa shape index (κ1) is 17.4. The summed E-state index contributed by atoms with van der Waals surface area (Å²) < 4.78 is 30.2. The smallest absolute Gasteiger partial charge is 0.336 e. The maximum atomic E-state index is 12.3. The van der Waals surface area contributed by atoms with Gasteiger partial charge in [0.25, 0.3) is 5.89 Å². The molecule has 130 valence electrons. The number of hydrogen-bond donors (Lipinski definition) is 1. The molecule has 0 aromatic carbocycles. The van der Waals surface area contributed by atoms with Gasteiger partial charge in [-0.15, -0.1) is 16.4 Å². The SMILES string of the molecule is O=C(CS(=O)(=O)c1nnc(-c2ccc(Cl)s2)o1)NC1CCCCC1. The van der Waals surface area contributed by atoms with Crippen molar-refractivity contribution in [1.29, 1.82) is 0 Å². The molecule has 1 aliphatic rings. The molecule has 1 saturated carbocycles. The van der Waals surface area contributed by atoms with Crippen molar-refractivity contribution in [3.05, 3.63) is 16.5 Å². The van der Waals surface area contributed by atoms with Crippen LogP contribution >= 0.6 is 22.9 Å². The summed E-state index contributed by atoms with van der Waals surface area (Å²) in [4.78, 5) is 12.6. The highest BCUT2D eigenvalue weighted by Gasteiger charge is 2.28. The molecule has 0 saturated heterocycles. The van der Waals surface area contributed by atoms with Crippen LogP contribution in [0.3, 0.4) is 0 Å². The number of carbonyl (C=O) groups excluding carboxylic acids is 1. The molecule has 10 heteroatoms. The number of amides is 1. The fourth-order valence-corrected chi connectivity index (χ4v) is 4.50. The van der Waals surface area contributed by atoms with Crippen molar-refractivity contribution in [3.8, 4) is 10.8 Å². The van der Waals surface area contributed by atoms with Crippen LogP contribution in [0.5, 0.6) is 0 Å². The van der Waals surface area contributed by atoms with Gasteiger partial charge in [0.05, 0.1) is 9.21 Å². The normalized spacial score (nSPS) is 16.2. The molecule has 0 atom stereocenters. The standard InChI is InChI=1S/C14H16ClN3O4S2/c15-11-7-6-10(23-11)13-17-18-14(22-13)24(20,21)8-12(19)16-9-4-2-1-3-5-9/h6-7,9H,1-5,8H2,(H,16,19). The summed E-state index contributed by atoms with van der Waals surface area (Å²) in [6, 6.07) is 3.36. The molecular weight excluding hydrogens is 374 g/mol. The molecule has 1 aliphatic carbocycles. The van der Waals surface area contributed by atoms with Crippen molar-refractivity contribution in [2.45, 2.75) is 43.4 Å². The summed E-state index contributed by atoms with van der Waals surface area (Å²) in [7, 11) is -3.97. The van der Waals surface area contributed by atoms with E-state index >= 15 is 0 Å². The fourth-order valence-electron chi connectivity index (χ4n) is 2.61. The molecule has 2 aromatic rings. The second-order valence-corrected chi connectivity index (χ2v) is 9.22. The van der Waals surface area contributed by atoms with Gasteiger partial charge in [-0.1, -0.05) is 36.0 Å². The highest BCUT2D eigenvalue weighted by Crippen LogP contribution is 2.30. The van der Waals surface area contributed by atoms with Gasteiger partial charge < -0.3 is 9.73 Å². The molecule has 1 fully saturated rings. The largest absolute Gasteiger partial charge is 0.407 e. The maximum absolute atomic E-state index is 12.3. The first-order chi connectivity index (χ1) is 11.4. The molecule has 1 amide bonds. The Kier molecular flexibility index (Phi) is 5.21. The van der Waals surface area contributed by atoms with Gasteiger partial charge in [0.2, 0.25) is 15.7 Å². The number of carbonyl (C=O) groups is 1. The van der Waals surface area contributed by atoms with Crippen LogP contribution < -0.4 is 5.32 Å². The van der Waals surface area contributed by atoms with E-state index in [0.717, 1.165) is 32.1 Å². The molecule has 0 unspecified atom stereocenters. The minimum Gasteiger partial charge on any atom is -0.407 e. The number of sulfone groups is 1. The van der Waals surface area contributed by atoms with E-state index in [1.165, 1.54) is 11.3 Å². The van der Waals surface area contributed by atoms with Crippen LogP contribution in [0.1, 0.15) is 32.1 Å². The average Bonchev–Trinajstić information content (AvgIpc) is 3.16. The summed E-state index contributed by atoms with van der Waals surface area (Å²) in [6.45, 7) is 0. The van der Waals surface area contributed by atoms with Gasteiger partial charge in [-0.05, 0) is 25.0 Å². The third kappa shape index (κ3) is 4.14. The first-order valence-corrected chi connectivity index (χ1v) is 10.4. The quantitative estimate of drug-likeness (QED) is 0.843. The topological polar surface area (TPSA) is 102 Å². The zero-order valence-corrected chi connectivity index (χ0v) is 15.1. The van der Waals surface area contributed by atoms with Crippen LogP contribution in [0.25, 0.3) is 10.8 Å². The average molecular weight is 390 g/mol. The lowest BCUT2D eigenvalue weighted by Crippen LogP contribution is -2.39. The van der Waals surface area contributed by atoms with E-state index in [1.54, 1.807) is 12.1 Å². The van der Waals surface area contributed by atoms with Crippen LogP contribution in [0.4, 0.5) is 0 Å². The zero-order chi connectivity index (χ0) is 17.2. The van der Waals surface area contributed by atoms with Crippen LogP contribution in [0.15, 0.2) is 21.8 Å². The molecule has 0 bridgehead atoms. The van der Waals surface area contributed by atoms with Crippen LogP contribution in [0, 0.1) is 0 Å². The lowest BCUT2D eigenvalue weighted by molar-refractivity contribution is -0.119. The van der Waals surface area contributed by atoms with Gasteiger partial charge in [-0.25, -0.2) is 8.42 Å². The predicted octanol–water partition coefficient (Wildman–Crippen LogP) is 2.67. The van der Waals surface area contributed by atoms with E-state index in [1.807, 2.05) is 0 Å². The number of rotatable bonds is 5. The van der Waals surface area contributed by atoms with Crippen LogP contribution in [-0.2, 0) is 14.6 Å². The van der Waals surface area contributed by atoms with Gasteiger partial charge >= 0.3 is 5.22 Å². The van der Waals surface area contributed by atoms with E-state index < -0.39 is 26.7 Å². The zero-order valence-electron chi connectivity index (χ0n) is 12.7. The highest BCUT2D eigenvalue weighted by atomic mass is 35.5. The van der Waals surface area contributed by atoms with E-state index in [4.69, 9.17) is 16.0 Å². The third-order valence-electron chi connectivity index (χ3n) is 3.75. The fraction of sp³-hybridized carbons (Fsp3) is 0.500. The van der Waals surface area contributed by atoms with Gasteiger partial charge in [0.1, 0.15) is 5.75 Å². The predicted molar refractivity (Wildman–Crippen MR) is 89.7 cm³/mol. The van der Waals surface area contributed by atoms with E-state index in [2.05, 4.69) is 15.5 Å². The Balaban J connectivity index is 1.66. The number of thiophene rings is 1. The Morgan fingerprint density at radius 3 is 2.71 bits per heavy atom. The minimum atomic E-state index is -3.97. The second kappa shape index (κ2) is 7.20. The maximum Gasteiger partial charge on any atom is 0.336 e. The Labute approximate surface area is 148 Å². The summed E-state index contributed by atoms with van der Waals surface area (Å²) in [5.41, 5.74) is 0. The molecule has 24 heavy (non-hydrogen) atoms. The molecule has 0 aliphatic heterocycles. The molecule has 0 spiro atoms. The molecule has 2 heterocycles. The summed E-state index contributed by atoms with van der Waals surface area (Å²) in [6.07, 6.45) is 5.02. The van der Waals surface area contributed by atoms with Crippen molar-refractivity contribution in [2.75, 3.05) is 5.75 Å². The number of nitrogens with zero attached hydrogens (tertiary/aromatic N) is 2. The molecular formula is C14H16ClN3O4S2. The first-order valence-electron chi connectivity index (χ1n) is 7.55. The van der Waals surface area contributed by atoms with Crippen LogP contribution in [-0.4, -0.2) is 36.3 Å².